The molecular formula is C27H34N2O6. The number of carboxylic acid groups (broad SMARTS) is 1. The summed E-state index contributed by atoms with van der Waals surface area (Å²) in [4.78, 5) is 35.0. The molecule has 0 aromatic heterocycles. The molecule has 2 aromatic rings. The Hall–Kier alpha value is -3.39. The summed E-state index contributed by atoms with van der Waals surface area (Å²) in [6, 6.07) is 15.4. The lowest BCUT2D eigenvalue weighted by molar-refractivity contribution is -0.142. The molecule has 0 saturated heterocycles. The van der Waals surface area contributed by atoms with Gasteiger partial charge in [0, 0.05) is 31.9 Å². The molecule has 1 aliphatic carbocycles. The van der Waals surface area contributed by atoms with Crippen LogP contribution in [0.2, 0.25) is 0 Å². The van der Waals surface area contributed by atoms with E-state index in [2.05, 4.69) is 34.9 Å². The predicted octanol–water partition coefficient (Wildman–Crippen LogP) is 3.82. The Bertz CT molecular complexity index is 963. The average Bonchev–Trinajstić information content (AvgIpc) is 3.17. The van der Waals surface area contributed by atoms with E-state index in [1.807, 2.05) is 24.3 Å². The van der Waals surface area contributed by atoms with Crippen molar-refractivity contribution in [1.29, 1.82) is 0 Å². The second-order valence-electron chi connectivity index (χ2n) is 8.74. The molecule has 1 aliphatic rings. The second kappa shape index (κ2) is 13.5. The Morgan fingerprint density at radius 2 is 1.49 bits per heavy atom. The molecule has 0 spiro atoms. The van der Waals surface area contributed by atoms with Crippen LogP contribution in [0.4, 0.5) is 4.79 Å². The number of benzene rings is 2. The van der Waals surface area contributed by atoms with Gasteiger partial charge in [0.25, 0.3) is 0 Å². The van der Waals surface area contributed by atoms with Gasteiger partial charge >= 0.3 is 12.1 Å². The summed E-state index contributed by atoms with van der Waals surface area (Å²) in [5.74, 6) is -1.42. The fourth-order valence-electron chi connectivity index (χ4n) is 4.43. The van der Waals surface area contributed by atoms with Crippen molar-refractivity contribution >= 4 is 18.0 Å². The van der Waals surface area contributed by atoms with E-state index in [0.29, 0.717) is 19.6 Å². The number of carbonyl (C=O) groups is 3. The van der Waals surface area contributed by atoms with Crippen LogP contribution in [0.1, 0.15) is 62.0 Å². The number of aliphatic carboxylic acids is 1. The van der Waals surface area contributed by atoms with E-state index in [0.717, 1.165) is 25.7 Å². The Kier molecular flexibility index (Phi) is 10.1. The summed E-state index contributed by atoms with van der Waals surface area (Å²) in [5, 5.41) is 23.1. The van der Waals surface area contributed by atoms with E-state index in [4.69, 9.17) is 14.9 Å². The first-order chi connectivity index (χ1) is 17.0. The molecule has 0 heterocycles. The summed E-state index contributed by atoms with van der Waals surface area (Å²) >= 11 is 0. The number of rotatable bonds is 14. The van der Waals surface area contributed by atoms with Crippen molar-refractivity contribution in [2.45, 2.75) is 56.9 Å². The van der Waals surface area contributed by atoms with Gasteiger partial charge in [0.1, 0.15) is 12.6 Å². The molecular weight excluding hydrogens is 448 g/mol. The van der Waals surface area contributed by atoms with Crippen molar-refractivity contribution in [2.24, 2.45) is 0 Å². The molecule has 0 saturated carbocycles. The normalized spacial score (nSPS) is 12.9. The highest BCUT2D eigenvalue weighted by Crippen LogP contribution is 2.44. The molecule has 8 nitrogen and oxygen atoms in total. The smallest absolute Gasteiger partial charge is 0.407 e. The minimum absolute atomic E-state index is 0.00223. The van der Waals surface area contributed by atoms with Crippen LogP contribution in [-0.4, -0.2) is 54.0 Å². The Labute approximate surface area is 205 Å². The maximum atomic E-state index is 12.2. The van der Waals surface area contributed by atoms with Crippen molar-refractivity contribution in [1.82, 2.24) is 10.6 Å². The zero-order chi connectivity index (χ0) is 25.0. The summed E-state index contributed by atoms with van der Waals surface area (Å²) < 4.78 is 5.52. The standard InChI is InChI=1S/C27H34N2O6/c30-17-15-24(26(32)33)29-25(31)14-4-2-1-3-9-16-28-27(34)35-18-23-21-12-7-5-10-19(21)20-11-6-8-13-22(20)23/h5-8,10-13,23-24,30H,1-4,9,14-18H2,(H,28,34)(H,29,31)(H,32,33)/t24-/m1/s1. The number of aliphatic hydroxyl groups excluding tert-OH is 1. The molecule has 0 fully saturated rings. The largest absolute Gasteiger partial charge is 0.480 e. The highest BCUT2D eigenvalue weighted by Gasteiger charge is 2.28. The minimum atomic E-state index is -1.14. The van der Waals surface area contributed by atoms with Gasteiger partial charge in [-0.3, -0.25) is 4.79 Å². The highest BCUT2D eigenvalue weighted by atomic mass is 16.5. The zero-order valence-corrected chi connectivity index (χ0v) is 19.9. The molecule has 2 amide bonds. The lowest BCUT2D eigenvalue weighted by Gasteiger charge is -2.14. The Balaban J connectivity index is 1.26. The molecule has 3 rings (SSSR count). The topological polar surface area (TPSA) is 125 Å². The third kappa shape index (κ3) is 7.55. The van der Waals surface area contributed by atoms with Gasteiger partial charge in [0.15, 0.2) is 0 Å². The molecule has 35 heavy (non-hydrogen) atoms. The lowest BCUT2D eigenvalue weighted by Crippen LogP contribution is -2.41. The van der Waals surface area contributed by atoms with Gasteiger partial charge in [-0.05, 0) is 35.1 Å². The Morgan fingerprint density at radius 1 is 0.886 bits per heavy atom. The van der Waals surface area contributed by atoms with Gasteiger partial charge in [-0.1, -0.05) is 67.8 Å². The Morgan fingerprint density at radius 3 is 2.11 bits per heavy atom. The molecule has 0 bridgehead atoms. The first-order valence-electron chi connectivity index (χ1n) is 12.2. The number of alkyl carbamates (subject to hydrolysis) is 1. The van der Waals surface area contributed by atoms with Crippen LogP contribution < -0.4 is 10.6 Å². The molecule has 0 radical (unpaired) electrons. The van der Waals surface area contributed by atoms with Crippen LogP contribution >= 0.6 is 0 Å². The maximum absolute atomic E-state index is 12.2. The highest BCUT2D eigenvalue weighted by molar-refractivity contribution is 5.83. The fourth-order valence-corrected chi connectivity index (χ4v) is 4.43. The number of aliphatic hydroxyl groups is 1. The van der Waals surface area contributed by atoms with E-state index in [9.17, 15) is 14.4 Å². The molecule has 4 N–H and O–H groups in total. The molecule has 0 unspecified atom stereocenters. The van der Waals surface area contributed by atoms with Crippen LogP contribution in [-0.2, 0) is 14.3 Å². The number of carbonyl (C=O) groups excluding carboxylic acids is 2. The molecule has 188 valence electrons. The van der Waals surface area contributed by atoms with Crippen LogP contribution in [0.3, 0.4) is 0 Å². The molecule has 0 aliphatic heterocycles. The number of amides is 2. The van der Waals surface area contributed by atoms with Crippen LogP contribution in [0.15, 0.2) is 48.5 Å². The number of hydrogen-bond donors (Lipinski definition) is 4. The number of unbranched alkanes of at least 4 members (excludes halogenated alkanes) is 4. The van der Waals surface area contributed by atoms with Crippen molar-refractivity contribution < 1.29 is 29.3 Å². The van der Waals surface area contributed by atoms with E-state index in [1.165, 1.54) is 22.3 Å². The van der Waals surface area contributed by atoms with E-state index >= 15 is 0 Å². The van der Waals surface area contributed by atoms with Gasteiger partial charge in [0.2, 0.25) is 5.91 Å². The first kappa shape index (κ1) is 26.2. The average molecular weight is 483 g/mol. The summed E-state index contributed by atoms with van der Waals surface area (Å²) in [7, 11) is 0. The molecule has 2 aromatic carbocycles. The first-order valence-corrected chi connectivity index (χ1v) is 12.2. The van der Waals surface area contributed by atoms with Crippen molar-refractivity contribution in [3.8, 4) is 11.1 Å². The van der Waals surface area contributed by atoms with Crippen LogP contribution in [0.25, 0.3) is 11.1 Å². The van der Waals surface area contributed by atoms with Crippen molar-refractivity contribution in [2.75, 3.05) is 19.8 Å². The number of fused-ring (bicyclic) bond motifs is 3. The number of ether oxygens (including phenoxy) is 1. The summed E-state index contributed by atoms with van der Waals surface area (Å²) in [5.41, 5.74) is 4.76. The number of carboxylic acids is 1. The van der Waals surface area contributed by atoms with Crippen LogP contribution in [0, 0.1) is 0 Å². The fraction of sp³-hybridized carbons (Fsp3) is 0.444. The van der Waals surface area contributed by atoms with E-state index in [-0.39, 0.29) is 31.3 Å². The van der Waals surface area contributed by atoms with Crippen molar-refractivity contribution in [3.63, 3.8) is 0 Å². The number of nitrogens with one attached hydrogen (secondary N) is 2. The van der Waals surface area contributed by atoms with Gasteiger partial charge in [-0.15, -0.1) is 0 Å². The van der Waals surface area contributed by atoms with Gasteiger partial charge in [-0.25, -0.2) is 9.59 Å². The maximum Gasteiger partial charge on any atom is 0.407 e. The van der Waals surface area contributed by atoms with Crippen LogP contribution in [0.5, 0.6) is 0 Å². The SMILES string of the molecule is O=C(CCCCCCCNC(=O)OCC1c2ccccc2-c2ccccc21)N[C@H](CCO)C(=O)O. The quantitative estimate of drug-likeness (QED) is 0.304. The predicted molar refractivity (Wildman–Crippen MR) is 132 cm³/mol. The summed E-state index contributed by atoms with van der Waals surface area (Å²) in [6.07, 6.45) is 3.98. The lowest BCUT2D eigenvalue weighted by atomic mass is 9.98. The minimum Gasteiger partial charge on any atom is -0.480 e. The van der Waals surface area contributed by atoms with Crippen molar-refractivity contribution in [3.05, 3.63) is 59.7 Å². The molecule has 8 heteroatoms. The van der Waals surface area contributed by atoms with Gasteiger partial charge in [0.05, 0.1) is 0 Å². The third-order valence-corrected chi connectivity index (χ3v) is 6.24. The third-order valence-electron chi connectivity index (χ3n) is 6.24. The van der Waals surface area contributed by atoms with E-state index < -0.39 is 18.1 Å². The number of hydrogen-bond acceptors (Lipinski definition) is 5. The van der Waals surface area contributed by atoms with Gasteiger partial charge in [-0.2, -0.15) is 0 Å². The van der Waals surface area contributed by atoms with Gasteiger partial charge < -0.3 is 25.6 Å². The zero-order valence-electron chi connectivity index (χ0n) is 19.9. The summed E-state index contributed by atoms with van der Waals surface area (Å²) in [6.45, 7) is 0.531. The van der Waals surface area contributed by atoms with E-state index in [1.54, 1.807) is 0 Å². The molecule has 1 atom stereocenters. The monoisotopic (exact) mass is 482 g/mol. The second-order valence-corrected chi connectivity index (χ2v) is 8.74.